The molecule has 0 atom stereocenters. The Morgan fingerprint density at radius 3 is 2.62 bits per heavy atom. The van der Waals surface area contributed by atoms with Gasteiger partial charge in [0.25, 0.3) is 0 Å². The third-order valence-corrected chi connectivity index (χ3v) is 4.32. The Morgan fingerprint density at radius 2 is 1.83 bits per heavy atom. The number of allylic oxidation sites excluding steroid dienone is 1. The van der Waals surface area contributed by atoms with Crippen LogP contribution in [-0.4, -0.2) is 23.1 Å². The molecule has 118 valence electrons. The largest absolute Gasteiger partial charge is 0.504 e. The Balaban J connectivity index is 2.07. The molecule has 0 saturated carbocycles. The van der Waals surface area contributed by atoms with Gasteiger partial charge in [-0.15, -0.1) is 0 Å². The summed E-state index contributed by atoms with van der Waals surface area (Å²) in [4.78, 5) is 12.6. The fourth-order valence-corrected chi connectivity index (χ4v) is 3.19. The van der Waals surface area contributed by atoms with E-state index in [0.717, 1.165) is 21.9 Å². The normalized spacial score (nSPS) is 13.0. The number of methoxy groups -OCH3 is 1. The lowest BCUT2D eigenvalue weighted by atomic mass is 9.85. The zero-order valence-electron chi connectivity index (χ0n) is 12.9. The zero-order valence-corrected chi connectivity index (χ0v) is 12.9. The number of aliphatic hydroxyl groups excluding tert-OH is 1. The Kier molecular flexibility index (Phi) is 3.06. The molecule has 0 aromatic heterocycles. The number of hydrogen-bond acceptors (Lipinski definition) is 4. The Hall–Kier alpha value is -3.27. The van der Waals surface area contributed by atoms with E-state index >= 15 is 0 Å². The van der Waals surface area contributed by atoms with Gasteiger partial charge in [0, 0.05) is 10.9 Å². The van der Waals surface area contributed by atoms with Crippen LogP contribution >= 0.6 is 0 Å². The highest BCUT2D eigenvalue weighted by Gasteiger charge is 2.25. The number of phenolic OH excluding ortho intramolecular Hbond substituents is 1. The van der Waals surface area contributed by atoms with E-state index in [1.807, 2.05) is 30.3 Å². The highest BCUT2D eigenvalue weighted by Crippen LogP contribution is 2.39. The summed E-state index contributed by atoms with van der Waals surface area (Å²) in [5.41, 5.74) is 2.71. The average Bonchev–Trinajstić information content (AvgIpc) is 2.60. The van der Waals surface area contributed by atoms with Crippen molar-refractivity contribution in [1.82, 2.24) is 0 Å². The number of phenols is 1. The van der Waals surface area contributed by atoms with E-state index in [1.165, 1.54) is 19.3 Å². The van der Waals surface area contributed by atoms with Gasteiger partial charge in [-0.25, -0.2) is 0 Å². The number of Topliss-reactive ketones (excluding diaryl/α,β-unsaturated/α-hetero) is 1. The Bertz CT molecular complexity index is 1030. The molecule has 3 aromatic carbocycles. The molecule has 0 unspecified atom stereocenters. The van der Waals surface area contributed by atoms with Crippen LogP contribution < -0.4 is 4.74 Å². The highest BCUT2D eigenvalue weighted by atomic mass is 16.5. The minimum Gasteiger partial charge on any atom is -0.504 e. The first-order valence-electron chi connectivity index (χ1n) is 7.48. The number of aromatic hydroxyl groups is 1. The molecule has 2 N–H and O–H groups in total. The number of ether oxygens (including phenoxy) is 1. The van der Waals surface area contributed by atoms with Crippen molar-refractivity contribution in [3.8, 4) is 22.6 Å². The summed E-state index contributed by atoms with van der Waals surface area (Å²) in [7, 11) is 1.47. The van der Waals surface area contributed by atoms with Gasteiger partial charge in [0.1, 0.15) is 0 Å². The number of rotatable bonds is 2. The smallest absolute Gasteiger partial charge is 0.228 e. The first-order chi connectivity index (χ1) is 11.6. The van der Waals surface area contributed by atoms with Crippen LogP contribution in [0.1, 0.15) is 15.9 Å². The predicted molar refractivity (Wildman–Crippen MR) is 92.5 cm³/mol. The summed E-state index contributed by atoms with van der Waals surface area (Å²) in [6, 6.07) is 14.4. The molecule has 4 rings (SSSR count). The van der Waals surface area contributed by atoms with Crippen molar-refractivity contribution in [1.29, 1.82) is 0 Å². The van der Waals surface area contributed by atoms with E-state index in [4.69, 9.17) is 4.74 Å². The van der Waals surface area contributed by atoms with Crippen molar-refractivity contribution >= 4 is 22.6 Å². The third-order valence-electron chi connectivity index (χ3n) is 4.32. The topological polar surface area (TPSA) is 66.8 Å². The lowest BCUT2D eigenvalue weighted by Gasteiger charge is -2.18. The fraction of sp³-hybridized carbons (Fsp3) is 0.0500. The van der Waals surface area contributed by atoms with Crippen molar-refractivity contribution in [2.24, 2.45) is 0 Å². The summed E-state index contributed by atoms with van der Waals surface area (Å²) in [5.74, 6) is -0.309. The van der Waals surface area contributed by atoms with E-state index in [0.29, 0.717) is 16.9 Å². The molecule has 0 amide bonds. The average molecular weight is 318 g/mol. The quantitative estimate of drug-likeness (QED) is 0.738. The van der Waals surface area contributed by atoms with Crippen molar-refractivity contribution in [3.05, 3.63) is 65.4 Å². The summed E-state index contributed by atoms with van der Waals surface area (Å²) in [6.07, 6.45) is 1.50. The van der Waals surface area contributed by atoms with E-state index < -0.39 is 5.78 Å². The van der Waals surface area contributed by atoms with Gasteiger partial charge in [0.05, 0.1) is 7.11 Å². The monoisotopic (exact) mass is 318 g/mol. The summed E-state index contributed by atoms with van der Waals surface area (Å²) < 4.78 is 5.16. The third kappa shape index (κ3) is 1.97. The maximum absolute atomic E-state index is 12.6. The molecule has 1 aliphatic carbocycles. The number of hydrogen-bond donors (Lipinski definition) is 2. The van der Waals surface area contributed by atoms with Crippen LogP contribution in [-0.2, 0) is 0 Å². The van der Waals surface area contributed by atoms with Crippen molar-refractivity contribution in [2.45, 2.75) is 0 Å². The molecule has 0 aliphatic heterocycles. The molecular formula is C20H14O4. The molecule has 4 nitrogen and oxygen atoms in total. The minimum absolute atomic E-state index is 0.0328. The first kappa shape index (κ1) is 14.3. The molecule has 0 radical (unpaired) electrons. The van der Waals surface area contributed by atoms with Crippen LogP contribution in [0.5, 0.6) is 11.5 Å². The number of carbonyl (C=O) groups is 1. The molecule has 0 bridgehead atoms. The molecule has 0 heterocycles. The van der Waals surface area contributed by atoms with Gasteiger partial charge in [-0.05, 0) is 40.3 Å². The molecule has 4 heteroatoms. The van der Waals surface area contributed by atoms with E-state index in [-0.39, 0.29) is 11.5 Å². The van der Waals surface area contributed by atoms with Crippen molar-refractivity contribution in [2.75, 3.05) is 7.11 Å². The second-order valence-electron chi connectivity index (χ2n) is 5.68. The molecular weight excluding hydrogens is 304 g/mol. The maximum atomic E-state index is 12.6. The molecule has 0 spiro atoms. The SMILES string of the molecule is COc1cc(-c2ccc3cccc4c3c2C(=O)C(O)=C4)ccc1O. The predicted octanol–water partition coefficient (Wildman–Crippen LogP) is 4.32. The summed E-state index contributed by atoms with van der Waals surface area (Å²) in [6.45, 7) is 0. The van der Waals surface area contributed by atoms with Crippen molar-refractivity contribution < 1.29 is 19.7 Å². The van der Waals surface area contributed by atoms with Gasteiger partial charge in [-0.1, -0.05) is 36.4 Å². The van der Waals surface area contributed by atoms with Crippen LogP contribution in [0.3, 0.4) is 0 Å². The Morgan fingerprint density at radius 1 is 1.00 bits per heavy atom. The lowest BCUT2D eigenvalue weighted by Crippen LogP contribution is -2.10. The van der Waals surface area contributed by atoms with Crippen LogP contribution in [0, 0.1) is 0 Å². The fourth-order valence-electron chi connectivity index (χ4n) is 3.19. The van der Waals surface area contributed by atoms with Gasteiger partial charge >= 0.3 is 0 Å². The molecule has 0 saturated heterocycles. The van der Waals surface area contributed by atoms with E-state index in [1.54, 1.807) is 12.1 Å². The standard InChI is InChI=1S/C20H14O4/c1-24-17-10-12(6-8-15(17)21)14-7-5-11-3-2-4-13-9-16(22)20(23)19(14)18(11)13/h2-10,21-22H,1H3. The number of benzene rings is 3. The van der Waals surface area contributed by atoms with Crippen LogP contribution in [0.15, 0.2) is 54.3 Å². The van der Waals surface area contributed by atoms with E-state index in [2.05, 4.69) is 0 Å². The van der Waals surface area contributed by atoms with Crippen LogP contribution in [0.25, 0.3) is 28.0 Å². The van der Waals surface area contributed by atoms with Gasteiger partial charge in [-0.3, -0.25) is 4.79 Å². The number of aliphatic hydroxyl groups is 1. The molecule has 24 heavy (non-hydrogen) atoms. The number of carbonyl (C=O) groups excluding carboxylic acids is 1. The second-order valence-corrected chi connectivity index (χ2v) is 5.68. The minimum atomic E-state index is -0.402. The molecule has 0 fully saturated rings. The first-order valence-corrected chi connectivity index (χ1v) is 7.48. The van der Waals surface area contributed by atoms with E-state index in [9.17, 15) is 15.0 Å². The lowest BCUT2D eigenvalue weighted by molar-refractivity contribution is 0.0981. The number of ketones is 1. The maximum Gasteiger partial charge on any atom is 0.228 e. The second kappa shape index (κ2) is 5.13. The van der Waals surface area contributed by atoms with Crippen molar-refractivity contribution in [3.63, 3.8) is 0 Å². The highest BCUT2D eigenvalue weighted by molar-refractivity contribution is 6.24. The summed E-state index contributed by atoms with van der Waals surface area (Å²) in [5, 5.41) is 21.6. The van der Waals surface area contributed by atoms with Crippen LogP contribution in [0.4, 0.5) is 0 Å². The summed E-state index contributed by atoms with van der Waals surface area (Å²) >= 11 is 0. The van der Waals surface area contributed by atoms with Gasteiger partial charge < -0.3 is 14.9 Å². The Labute approximate surface area is 138 Å². The molecule has 1 aliphatic rings. The zero-order chi connectivity index (χ0) is 16.8. The van der Waals surface area contributed by atoms with Gasteiger partial charge in [0.15, 0.2) is 17.3 Å². The molecule has 3 aromatic rings. The van der Waals surface area contributed by atoms with Gasteiger partial charge in [0.2, 0.25) is 5.78 Å². The van der Waals surface area contributed by atoms with Gasteiger partial charge in [-0.2, -0.15) is 0 Å². The van der Waals surface area contributed by atoms with Crippen LogP contribution in [0.2, 0.25) is 0 Å².